The number of hydrogen-bond donors (Lipinski definition) is 2. The molecule has 1 aliphatic carbocycles. The van der Waals surface area contributed by atoms with Gasteiger partial charge in [-0.2, -0.15) is 0 Å². The van der Waals surface area contributed by atoms with E-state index in [-0.39, 0.29) is 0 Å². The fraction of sp³-hybridized carbons (Fsp3) is 0.500. The molecule has 0 heterocycles. The summed E-state index contributed by atoms with van der Waals surface area (Å²) in [6, 6.07) is 7.56. The molecule has 16 heavy (non-hydrogen) atoms. The van der Waals surface area contributed by atoms with Gasteiger partial charge >= 0.3 is 7.12 Å². The Morgan fingerprint density at radius 1 is 1.12 bits per heavy atom. The van der Waals surface area contributed by atoms with Crippen LogP contribution in [0.4, 0.5) is 0 Å². The Morgan fingerprint density at radius 2 is 1.88 bits per heavy atom. The van der Waals surface area contributed by atoms with Gasteiger partial charge in [-0.05, 0) is 30.4 Å². The van der Waals surface area contributed by atoms with Crippen LogP contribution in [0.25, 0.3) is 0 Å². The Bertz CT molecular complexity index is 338. The highest BCUT2D eigenvalue weighted by Gasteiger charge is 2.16. The van der Waals surface area contributed by atoms with Crippen LogP contribution >= 0.6 is 11.8 Å². The minimum atomic E-state index is -1.35. The van der Waals surface area contributed by atoms with E-state index in [4.69, 9.17) is 10.0 Å². The van der Waals surface area contributed by atoms with Crippen LogP contribution in [-0.4, -0.2) is 22.4 Å². The molecule has 2 nitrogen and oxygen atoms in total. The predicted molar refractivity (Wildman–Crippen MR) is 69.0 cm³/mol. The van der Waals surface area contributed by atoms with Crippen LogP contribution in [0.15, 0.2) is 29.2 Å². The molecule has 0 bridgehead atoms. The van der Waals surface area contributed by atoms with E-state index in [2.05, 4.69) is 0 Å². The highest BCUT2D eigenvalue weighted by molar-refractivity contribution is 8.00. The second-order valence-electron chi connectivity index (χ2n) is 4.32. The molecule has 0 radical (unpaired) electrons. The zero-order chi connectivity index (χ0) is 11.4. The zero-order valence-corrected chi connectivity index (χ0v) is 10.1. The van der Waals surface area contributed by atoms with Crippen molar-refractivity contribution in [2.24, 2.45) is 0 Å². The fourth-order valence-electron chi connectivity index (χ4n) is 2.12. The van der Waals surface area contributed by atoms with E-state index in [0.29, 0.717) is 10.7 Å². The lowest BCUT2D eigenvalue weighted by Gasteiger charge is -2.21. The molecular weight excluding hydrogens is 219 g/mol. The van der Waals surface area contributed by atoms with E-state index in [0.717, 1.165) is 4.90 Å². The first-order valence-corrected chi connectivity index (χ1v) is 6.76. The molecule has 0 spiro atoms. The van der Waals surface area contributed by atoms with E-state index >= 15 is 0 Å². The SMILES string of the molecule is OB(O)c1cccc(SC2CCCCC2)c1. The molecule has 0 amide bonds. The number of benzene rings is 1. The lowest BCUT2D eigenvalue weighted by Crippen LogP contribution is -2.29. The van der Waals surface area contributed by atoms with Crippen LogP contribution < -0.4 is 5.46 Å². The third-order valence-electron chi connectivity index (χ3n) is 3.01. The molecule has 1 aromatic rings. The number of hydrogen-bond acceptors (Lipinski definition) is 3. The molecule has 4 heteroatoms. The summed E-state index contributed by atoms with van der Waals surface area (Å²) in [4.78, 5) is 1.15. The third-order valence-corrected chi connectivity index (χ3v) is 4.34. The number of rotatable bonds is 3. The Hall–Kier alpha value is -0.445. The summed E-state index contributed by atoms with van der Waals surface area (Å²) in [6.45, 7) is 0. The van der Waals surface area contributed by atoms with Crippen molar-refractivity contribution in [3.8, 4) is 0 Å². The Balaban J connectivity index is 2.00. The van der Waals surface area contributed by atoms with Gasteiger partial charge in [0.25, 0.3) is 0 Å². The minimum absolute atomic E-state index is 0.584. The van der Waals surface area contributed by atoms with Gasteiger partial charge in [-0.1, -0.05) is 31.4 Å². The Labute approximate surface area is 101 Å². The van der Waals surface area contributed by atoms with Crippen molar-refractivity contribution in [1.29, 1.82) is 0 Å². The first-order valence-electron chi connectivity index (χ1n) is 5.88. The molecule has 1 fully saturated rings. The predicted octanol–water partition coefficient (Wildman–Crippen LogP) is 1.79. The third kappa shape index (κ3) is 3.27. The van der Waals surface area contributed by atoms with Crippen molar-refractivity contribution in [2.75, 3.05) is 0 Å². The maximum absolute atomic E-state index is 9.10. The first kappa shape index (κ1) is 12.0. The summed E-state index contributed by atoms with van der Waals surface area (Å²) in [7, 11) is -1.35. The van der Waals surface area contributed by atoms with Crippen LogP contribution in [0.1, 0.15) is 32.1 Å². The summed E-state index contributed by atoms with van der Waals surface area (Å²) in [5.41, 5.74) is 0.584. The normalized spacial score (nSPS) is 17.4. The lowest BCUT2D eigenvalue weighted by atomic mass is 9.80. The smallest absolute Gasteiger partial charge is 0.423 e. The van der Waals surface area contributed by atoms with Crippen molar-refractivity contribution in [3.05, 3.63) is 24.3 Å². The van der Waals surface area contributed by atoms with E-state index in [1.54, 1.807) is 6.07 Å². The minimum Gasteiger partial charge on any atom is -0.423 e. The first-order chi connectivity index (χ1) is 7.75. The second kappa shape index (κ2) is 5.76. The molecule has 0 aliphatic heterocycles. The Morgan fingerprint density at radius 3 is 2.56 bits per heavy atom. The average Bonchev–Trinajstić information content (AvgIpc) is 2.30. The molecule has 1 saturated carbocycles. The molecule has 2 N–H and O–H groups in total. The summed E-state index contributed by atoms with van der Waals surface area (Å²) < 4.78 is 0. The van der Waals surface area contributed by atoms with Crippen LogP contribution in [0, 0.1) is 0 Å². The van der Waals surface area contributed by atoms with E-state index < -0.39 is 7.12 Å². The van der Waals surface area contributed by atoms with E-state index in [1.165, 1.54) is 32.1 Å². The molecular formula is C12H17BO2S. The van der Waals surface area contributed by atoms with Crippen molar-refractivity contribution in [3.63, 3.8) is 0 Å². The van der Waals surface area contributed by atoms with Crippen LogP contribution in [0.2, 0.25) is 0 Å². The van der Waals surface area contributed by atoms with Gasteiger partial charge in [-0.25, -0.2) is 0 Å². The quantitative estimate of drug-likeness (QED) is 0.786. The van der Waals surface area contributed by atoms with E-state index in [1.807, 2.05) is 30.0 Å². The van der Waals surface area contributed by atoms with Gasteiger partial charge in [0, 0.05) is 10.1 Å². The Kier molecular flexibility index (Phi) is 4.33. The number of thioether (sulfide) groups is 1. The monoisotopic (exact) mass is 236 g/mol. The maximum atomic E-state index is 9.10. The molecule has 2 rings (SSSR count). The summed E-state index contributed by atoms with van der Waals surface area (Å²) in [5, 5.41) is 18.9. The highest BCUT2D eigenvalue weighted by Crippen LogP contribution is 2.32. The van der Waals surface area contributed by atoms with Gasteiger partial charge in [0.05, 0.1) is 0 Å². The largest absolute Gasteiger partial charge is 0.488 e. The van der Waals surface area contributed by atoms with Gasteiger partial charge in [-0.3, -0.25) is 0 Å². The molecule has 0 aromatic heterocycles. The summed E-state index contributed by atoms with van der Waals surface area (Å²) >= 11 is 1.87. The summed E-state index contributed by atoms with van der Waals surface area (Å²) in [5.74, 6) is 0. The van der Waals surface area contributed by atoms with Crippen molar-refractivity contribution < 1.29 is 10.0 Å². The van der Waals surface area contributed by atoms with Gasteiger partial charge in [-0.15, -0.1) is 11.8 Å². The molecule has 0 unspecified atom stereocenters. The van der Waals surface area contributed by atoms with Gasteiger partial charge < -0.3 is 10.0 Å². The topological polar surface area (TPSA) is 40.5 Å². The highest BCUT2D eigenvalue weighted by atomic mass is 32.2. The van der Waals surface area contributed by atoms with Crippen molar-refractivity contribution >= 4 is 24.3 Å². The standard InChI is InChI=1S/C12H17BO2S/c14-13(15)10-5-4-8-12(9-10)16-11-6-2-1-3-7-11/h4-5,8-9,11,14-15H,1-3,6-7H2. The van der Waals surface area contributed by atoms with Gasteiger partial charge in [0.15, 0.2) is 0 Å². The second-order valence-corrected chi connectivity index (χ2v) is 5.70. The van der Waals surface area contributed by atoms with Crippen LogP contribution in [0.5, 0.6) is 0 Å². The molecule has 1 aliphatic rings. The van der Waals surface area contributed by atoms with Crippen LogP contribution in [-0.2, 0) is 0 Å². The maximum Gasteiger partial charge on any atom is 0.488 e. The van der Waals surface area contributed by atoms with E-state index in [9.17, 15) is 0 Å². The van der Waals surface area contributed by atoms with Crippen LogP contribution in [0.3, 0.4) is 0 Å². The van der Waals surface area contributed by atoms with Crippen molar-refractivity contribution in [2.45, 2.75) is 42.2 Å². The average molecular weight is 236 g/mol. The molecule has 0 saturated heterocycles. The lowest BCUT2D eigenvalue weighted by molar-refractivity contribution is 0.425. The molecule has 0 atom stereocenters. The summed E-state index contributed by atoms with van der Waals surface area (Å²) in [6.07, 6.45) is 6.61. The zero-order valence-electron chi connectivity index (χ0n) is 9.30. The molecule has 1 aromatic carbocycles. The van der Waals surface area contributed by atoms with Gasteiger partial charge in [0.2, 0.25) is 0 Å². The fourth-order valence-corrected chi connectivity index (χ4v) is 3.44. The van der Waals surface area contributed by atoms with Crippen molar-refractivity contribution in [1.82, 2.24) is 0 Å². The molecule has 86 valence electrons. The van der Waals surface area contributed by atoms with Gasteiger partial charge in [0.1, 0.15) is 0 Å².